The first-order chi connectivity index (χ1) is 10.2. The van der Waals surface area contributed by atoms with Crippen molar-refractivity contribution in [2.24, 2.45) is 0 Å². The van der Waals surface area contributed by atoms with Gasteiger partial charge in [-0.05, 0) is 24.7 Å². The molecular weight excluding hydrogens is 341 g/mol. The summed E-state index contributed by atoms with van der Waals surface area (Å²) in [4.78, 5) is 4.40. The van der Waals surface area contributed by atoms with Gasteiger partial charge in [0.2, 0.25) is 11.7 Å². The Balaban J connectivity index is 1.88. The summed E-state index contributed by atoms with van der Waals surface area (Å²) in [6, 6.07) is 4.55. The summed E-state index contributed by atoms with van der Waals surface area (Å²) in [5, 5.41) is 7.30. The van der Waals surface area contributed by atoms with E-state index in [-0.39, 0.29) is 17.8 Å². The normalized spacial score (nSPS) is 21.9. The molecule has 1 aliphatic rings. The minimum Gasteiger partial charge on any atom is -0.379 e. The van der Waals surface area contributed by atoms with Gasteiger partial charge in [-0.3, -0.25) is 0 Å². The van der Waals surface area contributed by atoms with Gasteiger partial charge in [0.25, 0.3) is 0 Å². The quantitative estimate of drug-likeness (QED) is 0.913. The summed E-state index contributed by atoms with van der Waals surface area (Å²) in [5.74, 6) is 0.580. The number of ether oxygens (including phenoxy) is 1. The molecule has 0 aliphatic carbocycles. The van der Waals surface area contributed by atoms with Gasteiger partial charge in [0.1, 0.15) is 5.82 Å². The molecule has 21 heavy (non-hydrogen) atoms. The van der Waals surface area contributed by atoms with Gasteiger partial charge in [0.15, 0.2) is 0 Å². The number of aromatic nitrogens is 2. The fraction of sp³-hybridized carbons (Fsp3) is 0.429. The molecule has 5 nitrogen and oxygen atoms in total. The van der Waals surface area contributed by atoms with Crippen molar-refractivity contribution in [1.82, 2.24) is 15.5 Å². The van der Waals surface area contributed by atoms with Gasteiger partial charge in [0, 0.05) is 16.1 Å². The van der Waals surface area contributed by atoms with Crippen molar-refractivity contribution >= 4 is 15.9 Å². The zero-order valence-electron chi connectivity index (χ0n) is 11.5. The standard InChI is InChI=1S/C14H15BrFN3O2/c1-2-17-12-7-20-6-10(12)14-18-13(19-21-14)9-5-8(16)3-4-11(9)15/h3-5,10,12,17H,2,6-7H2,1H3. The first-order valence-electron chi connectivity index (χ1n) is 6.79. The highest BCUT2D eigenvalue weighted by Crippen LogP contribution is 2.30. The molecule has 0 spiro atoms. The Kier molecular flexibility index (Phi) is 4.32. The van der Waals surface area contributed by atoms with Crippen LogP contribution in [0.3, 0.4) is 0 Å². The van der Waals surface area contributed by atoms with Gasteiger partial charge in [-0.25, -0.2) is 4.39 Å². The summed E-state index contributed by atoms with van der Waals surface area (Å²) >= 11 is 3.37. The highest BCUT2D eigenvalue weighted by Gasteiger charge is 2.33. The molecule has 3 rings (SSSR count). The first-order valence-corrected chi connectivity index (χ1v) is 7.58. The minimum atomic E-state index is -0.339. The van der Waals surface area contributed by atoms with Crippen LogP contribution in [-0.2, 0) is 4.74 Å². The maximum atomic E-state index is 13.4. The van der Waals surface area contributed by atoms with Crippen molar-refractivity contribution in [2.75, 3.05) is 19.8 Å². The summed E-state index contributed by atoms with van der Waals surface area (Å²) in [7, 11) is 0. The summed E-state index contributed by atoms with van der Waals surface area (Å²) < 4.78 is 24.9. The minimum absolute atomic E-state index is 0.0264. The molecule has 2 aromatic rings. The topological polar surface area (TPSA) is 60.2 Å². The van der Waals surface area contributed by atoms with E-state index in [2.05, 4.69) is 31.4 Å². The van der Waals surface area contributed by atoms with Crippen molar-refractivity contribution in [2.45, 2.75) is 18.9 Å². The van der Waals surface area contributed by atoms with E-state index in [0.717, 1.165) is 11.0 Å². The van der Waals surface area contributed by atoms with Crippen LogP contribution in [0.2, 0.25) is 0 Å². The zero-order valence-corrected chi connectivity index (χ0v) is 13.1. The van der Waals surface area contributed by atoms with Crippen LogP contribution in [0.4, 0.5) is 4.39 Å². The zero-order chi connectivity index (χ0) is 14.8. The molecule has 1 N–H and O–H groups in total. The van der Waals surface area contributed by atoms with Crippen molar-refractivity contribution in [3.05, 3.63) is 34.4 Å². The number of hydrogen-bond acceptors (Lipinski definition) is 5. The monoisotopic (exact) mass is 355 g/mol. The summed E-state index contributed by atoms with van der Waals surface area (Å²) in [6.07, 6.45) is 0. The summed E-state index contributed by atoms with van der Waals surface area (Å²) in [6.45, 7) is 4.06. The largest absolute Gasteiger partial charge is 0.379 e. The molecule has 0 radical (unpaired) electrons. The second-order valence-electron chi connectivity index (χ2n) is 4.89. The molecule has 2 atom stereocenters. The Morgan fingerprint density at radius 3 is 3.10 bits per heavy atom. The van der Waals surface area contributed by atoms with Gasteiger partial charge in [0.05, 0.1) is 19.1 Å². The molecule has 2 heterocycles. The molecule has 112 valence electrons. The third-order valence-electron chi connectivity index (χ3n) is 3.48. The molecule has 1 aromatic heterocycles. The Morgan fingerprint density at radius 1 is 1.43 bits per heavy atom. The van der Waals surface area contributed by atoms with Gasteiger partial charge in [-0.15, -0.1) is 0 Å². The second kappa shape index (κ2) is 6.21. The third-order valence-corrected chi connectivity index (χ3v) is 4.17. The highest BCUT2D eigenvalue weighted by atomic mass is 79.9. The van der Waals surface area contributed by atoms with Gasteiger partial charge in [-0.2, -0.15) is 4.98 Å². The van der Waals surface area contributed by atoms with Gasteiger partial charge < -0.3 is 14.6 Å². The first kappa shape index (κ1) is 14.6. The Bertz CT molecular complexity index is 634. The predicted molar refractivity (Wildman–Crippen MR) is 78.4 cm³/mol. The Labute approximate surface area is 130 Å². The van der Waals surface area contributed by atoms with E-state index < -0.39 is 0 Å². The van der Waals surface area contributed by atoms with Crippen LogP contribution in [0.1, 0.15) is 18.7 Å². The predicted octanol–water partition coefficient (Wildman–Crippen LogP) is 2.73. The average molecular weight is 356 g/mol. The van der Waals surface area contributed by atoms with Crippen LogP contribution in [0.25, 0.3) is 11.4 Å². The molecule has 1 aromatic carbocycles. The van der Waals surface area contributed by atoms with Crippen LogP contribution in [-0.4, -0.2) is 35.9 Å². The molecule has 1 fully saturated rings. The lowest BCUT2D eigenvalue weighted by Crippen LogP contribution is -2.34. The van der Waals surface area contributed by atoms with E-state index >= 15 is 0 Å². The van der Waals surface area contributed by atoms with Crippen LogP contribution in [0, 0.1) is 5.82 Å². The highest BCUT2D eigenvalue weighted by molar-refractivity contribution is 9.10. The van der Waals surface area contributed by atoms with Crippen molar-refractivity contribution in [1.29, 1.82) is 0 Å². The smallest absolute Gasteiger partial charge is 0.234 e. The number of nitrogens with zero attached hydrogens (tertiary/aromatic N) is 2. The van der Waals surface area contributed by atoms with Crippen LogP contribution < -0.4 is 5.32 Å². The van der Waals surface area contributed by atoms with Crippen LogP contribution in [0.5, 0.6) is 0 Å². The van der Waals surface area contributed by atoms with Crippen molar-refractivity contribution in [3.8, 4) is 11.4 Å². The number of nitrogens with one attached hydrogen (secondary N) is 1. The molecule has 0 saturated carbocycles. The lowest BCUT2D eigenvalue weighted by atomic mass is 10.0. The molecule has 0 amide bonds. The number of rotatable bonds is 4. The SMILES string of the molecule is CCNC1COCC1c1nc(-c2cc(F)ccc2Br)no1. The lowest BCUT2D eigenvalue weighted by molar-refractivity contribution is 0.185. The van der Waals surface area contributed by atoms with Gasteiger partial charge in [-0.1, -0.05) is 28.0 Å². The number of halogens is 2. The van der Waals surface area contributed by atoms with Crippen molar-refractivity contribution in [3.63, 3.8) is 0 Å². The lowest BCUT2D eigenvalue weighted by Gasteiger charge is -2.13. The van der Waals surface area contributed by atoms with E-state index in [4.69, 9.17) is 9.26 Å². The molecule has 1 saturated heterocycles. The third kappa shape index (κ3) is 3.00. The van der Waals surface area contributed by atoms with E-state index in [1.807, 2.05) is 6.92 Å². The number of likely N-dealkylation sites (N-methyl/N-ethyl adjacent to an activating group) is 1. The van der Waals surface area contributed by atoms with Crippen LogP contribution >= 0.6 is 15.9 Å². The fourth-order valence-electron chi connectivity index (χ4n) is 2.43. The van der Waals surface area contributed by atoms with E-state index in [0.29, 0.717) is 30.5 Å². The summed E-state index contributed by atoms with van der Waals surface area (Å²) in [5.41, 5.74) is 0.573. The van der Waals surface area contributed by atoms with Crippen molar-refractivity contribution < 1.29 is 13.7 Å². The number of benzene rings is 1. The number of hydrogen-bond donors (Lipinski definition) is 1. The second-order valence-corrected chi connectivity index (χ2v) is 5.74. The Hall–Kier alpha value is -1.31. The molecule has 0 bridgehead atoms. The average Bonchev–Trinajstić information content (AvgIpc) is 3.10. The maximum absolute atomic E-state index is 13.4. The molecule has 7 heteroatoms. The van der Waals surface area contributed by atoms with E-state index in [9.17, 15) is 4.39 Å². The molecule has 1 aliphatic heterocycles. The Morgan fingerprint density at radius 2 is 2.29 bits per heavy atom. The fourth-order valence-corrected chi connectivity index (χ4v) is 2.85. The van der Waals surface area contributed by atoms with E-state index in [1.165, 1.54) is 12.1 Å². The van der Waals surface area contributed by atoms with Crippen LogP contribution in [0.15, 0.2) is 27.2 Å². The maximum Gasteiger partial charge on any atom is 0.234 e. The molecule has 2 unspecified atom stereocenters. The van der Waals surface area contributed by atoms with Gasteiger partial charge >= 0.3 is 0 Å². The molecular formula is C14H15BrFN3O2. The van der Waals surface area contributed by atoms with E-state index in [1.54, 1.807) is 6.07 Å².